The summed E-state index contributed by atoms with van der Waals surface area (Å²) in [6.45, 7) is 4.07. The molecule has 2 heterocycles. The van der Waals surface area contributed by atoms with Crippen molar-refractivity contribution in [2.45, 2.75) is 26.7 Å². The zero-order valence-corrected chi connectivity index (χ0v) is 15.7. The molecular formula is C20H22N4OS. The van der Waals surface area contributed by atoms with Crippen molar-refractivity contribution in [3.05, 3.63) is 54.2 Å². The summed E-state index contributed by atoms with van der Waals surface area (Å²) in [5, 5.41) is 9.12. The van der Waals surface area contributed by atoms with Crippen LogP contribution in [0.4, 0.5) is 16.5 Å². The van der Waals surface area contributed by atoms with E-state index in [1.54, 1.807) is 23.7 Å². The highest BCUT2D eigenvalue weighted by Gasteiger charge is 2.14. The van der Waals surface area contributed by atoms with Crippen LogP contribution in [0.15, 0.2) is 54.2 Å². The molecule has 0 saturated carbocycles. The molecule has 134 valence electrons. The van der Waals surface area contributed by atoms with Gasteiger partial charge in [0.2, 0.25) is 5.91 Å². The van der Waals surface area contributed by atoms with E-state index in [9.17, 15) is 4.79 Å². The molecule has 5 nitrogen and oxygen atoms in total. The largest absolute Gasteiger partial charge is 0.331 e. The fraction of sp³-hybridized carbons (Fsp3) is 0.250. The highest BCUT2D eigenvalue weighted by molar-refractivity contribution is 7.14. The summed E-state index contributed by atoms with van der Waals surface area (Å²) >= 11 is 1.54. The van der Waals surface area contributed by atoms with Crippen molar-refractivity contribution in [1.29, 1.82) is 0 Å². The molecule has 6 heteroatoms. The lowest BCUT2D eigenvalue weighted by Gasteiger charge is -2.13. The van der Waals surface area contributed by atoms with Crippen LogP contribution in [-0.2, 0) is 4.79 Å². The minimum absolute atomic E-state index is 0.0495. The lowest BCUT2D eigenvalue weighted by Crippen LogP contribution is -2.21. The van der Waals surface area contributed by atoms with Crippen LogP contribution >= 0.6 is 11.3 Å². The van der Waals surface area contributed by atoms with Crippen molar-refractivity contribution in [3.63, 3.8) is 0 Å². The first kappa shape index (κ1) is 18.1. The van der Waals surface area contributed by atoms with Gasteiger partial charge in [0.1, 0.15) is 0 Å². The summed E-state index contributed by atoms with van der Waals surface area (Å²) < 4.78 is 0. The molecule has 3 rings (SSSR count). The molecule has 0 atom stereocenters. The number of benzene rings is 1. The number of carbonyl (C=O) groups excluding carboxylic acids is 1. The summed E-state index contributed by atoms with van der Waals surface area (Å²) in [5.74, 6) is 0.120. The molecule has 0 unspecified atom stereocenters. The number of pyridine rings is 1. The molecular weight excluding hydrogens is 344 g/mol. The van der Waals surface area contributed by atoms with Gasteiger partial charge in [0.25, 0.3) is 0 Å². The molecule has 2 N–H and O–H groups in total. The third-order valence-electron chi connectivity index (χ3n) is 4.22. The van der Waals surface area contributed by atoms with Gasteiger partial charge >= 0.3 is 0 Å². The topological polar surface area (TPSA) is 66.9 Å². The number of anilines is 3. The quantitative estimate of drug-likeness (QED) is 0.593. The van der Waals surface area contributed by atoms with Gasteiger partial charge in [-0.1, -0.05) is 19.9 Å². The molecule has 0 aliphatic heterocycles. The highest BCUT2D eigenvalue weighted by Crippen LogP contribution is 2.27. The Bertz CT molecular complexity index is 859. The summed E-state index contributed by atoms with van der Waals surface area (Å²) in [4.78, 5) is 20.9. The van der Waals surface area contributed by atoms with Crippen LogP contribution in [0.3, 0.4) is 0 Å². The Morgan fingerprint density at radius 3 is 2.58 bits per heavy atom. The Hall–Kier alpha value is -2.73. The Balaban J connectivity index is 1.69. The number of hydrogen-bond acceptors (Lipinski definition) is 5. The van der Waals surface area contributed by atoms with Crippen molar-refractivity contribution < 1.29 is 4.79 Å². The number of rotatable bonds is 7. The van der Waals surface area contributed by atoms with E-state index >= 15 is 0 Å². The maximum absolute atomic E-state index is 12.3. The molecule has 2 aromatic heterocycles. The van der Waals surface area contributed by atoms with Crippen LogP contribution in [0.5, 0.6) is 0 Å². The number of hydrogen-bond donors (Lipinski definition) is 2. The van der Waals surface area contributed by atoms with E-state index in [-0.39, 0.29) is 11.8 Å². The molecule has 0 spiro atoms. The van der Waals surface area contributed by atoms with E-state index in [0.717, 1.165) is 40.6 Å². The maximum Gasteiger partial charge on any atom is 0.227 e. The second kappa shape index (κ2) is 8.58. The summed E-state index contributed by atoms with van der Waals surface area (Å²) in [6, 6.07) is 11.6. The molecule has 0 bridgehead atoms. The van der Waals surface area contributed by atoms with E-state index in [1.165, 1.54) is 0 Å². The van der Waals surface area contributed by atoms with E-state index < -0.39 is 0 Å². The molecule has 0 fully saturated rings. The number of thiazole rings is 1. The predicted octanol–water partition coefficient (Wildman–Crippen LogP) is 5.32. The fourth-order valence-electron chi connectivity index (χ4n) is 2.69. The number of amides is 1. The molecule has 0 aliphatic carbocycles. The van der Waals surface area contributed by atoms with Gasteiger partial charge in [-0.25, -0.2) is 4.98 Å². The normalized spacial score (nSPS) is 10.7. The average Bonchev–Trinajstić information content (AvgIpc) is 3.12. The molecule has 26 heavy (non-hydrogen) atoms. The lowest BCUT2D eigenvalue weighted by atomic mass is 10.0. The monoisotopic (exact) mass is 366 g/mol. The average molecular weight is 366 g/mol. The van der Waals surface area contributed by atoms with Gasteiger partial charge in [0, 0.05) is 40.6 Å². The summed E-state index contributed by atoms with van der Waals surface area (Å²) in [7, 11) is 0. The van der Waals surface area contributed by atoms with E-state index in [4.69, 9.17) is 0 Å². The Kier molecular flexibility index (Phi) is 5.96. The first-order valence-electron chi connectivity index (χ1n) is 8.73. The van der Waals surface area contributed by atoms with Crippen molar-refractivity contribution in [2.24, 2.45) is 5.92 Å². The minimum atomic E-state index is 0.0495. The standard InChI is InChI=1S/C20H22N4OS/c1-3-14(4-2)19(25)22-16-6-5-7-17(12-16)23-20-24-18(13-26-20)15-8-10-21-11-9-15/h5-14H,3-4H2,1-2H3,(H,22,25)(H,23,24). The van der Waals surface area contributed by atoms with Crippen molar-refractivity contribution in [1.82, 2.24) is 9.97 Å². The molecule has 1 aromatic carbocycles. The summed E-state index contributed by atoms with van der Waals surface area (Å²) in [6.07, 6.45) is 5.20. The Morgan fingerprint density at radius 2 is 1.85 bits per heavy atom. The number of carbonyl (C=O) groups is 1. The zero-order valence-electron chi connectivity index (χ0n) is 14.9. The smallest absolute Gasteiger partial charge is 0.227 e. The maximum atomic E-state index is 12.3. The first-order valence-corrected chi connectivity index (χ1v) is 9.61. The fourth-order valence-corrected chi connectivity index (χ4v) is 3.43. The van der Waals surface area contributed by atoms with E-state index in [2.05, 4.69) is 20.6 Å². The Morgan fingerprint density at radius 1 is 1.12 bits per heavy atom. The number of nitrogens with zero attached hydrogens (tertiary/aromatic N) is 2. The first-order chi connectivity index (χ1) is 12.7. The number of nitrogens with one attached hydrogen (secondary N) is 2. The zero-order chi connectivity index (χ0) is 18.4. The van der Waals surface area contributed by atoms with E-state index in [0.29, 0.717) is 0 Å². The van der Waals surface area contributed by atoms with Crippen LogP contribution < -0.4 is 10.6 Å². The van der Waals surface area contributed by atoms with Gasteiger partial charge in [0.15, 0.2) is 5.13 Å². The second-order valence-electron chi connectivity index (χ2n) is 5.98. The van der Waals surface area contributed by atoms with Crippen LogP contribution in [0.1, 0.15) is 26.7 Å². The molecule has 1 amide bonds. The molecule has 0 saturated heterocycles. The van der Waals surface area contributed by atoms with Crippen molar-refractivity contribution >= 4 is 33.8 Å². The predicted molar refractivity (Wildman–Crippen MR) is 108 cm³/mol. The highest BCUT2D eigenvalue weighted by atomic mass is 32.1. The van der Waals surface area contributed by atoms with Gasteiger partial charge in [-0.15, -0.1) is 11.3 Å². The van der Waals surface area contributed by atoms with Crippen molar-refractivity contribution in [2.75, 3.05) is 10.6 Å². The van der Waals surface area contributed by atoms with Gasteiger partial charge in [-0.3, -0.25) is 9.78 Å². The van der Waals surface area contributed by atoms with Crippen LogP contribution in [0.2, 0.25) is 0 Å². The second-order valence-corrected chi connectivity index (χ2v) is 6.84. The SMILES string of the molecule is CCC(CC)C(=O)Nc1cccc(Nc2nc(-c3ccncc3)cs2)c1. The minimum Gasteiger partial charge on any atom is -0.331 e. The molecule has 0 radical (unpaired) electrons. The van der Waals surface area contributed by atoms with Gasteiger partial charge in [-0.2, -0.15) is 0 Å². The van der Waals surface area contributed by atoms with Gasteiger partial charge in [0.05, 0.1) is 5.69 Å². The van der Waals surface area contributed by atoms with Crippen LogP contribution in [0, 0.1) is 5.92 Å². The molecule has 0 aliphatic rings. The molecule has 3 aromatic rings. The van der Waals surface area contributed by atoms with E-state index in [1.807, 2.05) is 55.6 Å². The number of aromatic nitrogens is 2. The summed E-state index contributed by atoms with van der Waals surface area (Å²) in [5.41, 5.74) is 3.63. The lowest BCUT2D eigenvalue weighted by molar-refractivity contribution is -0.120. The third kappa shape index (κ3) is 4.46. The van der Waals surface area contributed by atoms with Crippen LogP contribution in [-0.4, -0.2) is 15.9 Å². The Labute approximate surface area is 157 Å². The third-order valence-corrected chi connectivity index (χ3v) is 4.98. The van der Waals surface area contributed by atoms with Gasteiger partial charge in [-0.05, 0) is 43.2 Å². The van der Waals surface area contributed by atoms with Crippen LogP contribution in [0.25, 0.3) is 11.3 Å². The van der Waals surface area contributed by atoms with Crippen molar-refractivity contribution in [3.8, 4) is 11.3 Å². The van der Waals surface area contributed by atoms with Gasteiger partial charge < -0.3 is 10.6 Å².